The number of fused-ring (bicyclic) bond motifs is 1. The first-order valence-electron chi connectivity index (χ1n) is 7.91. The molecule has 1 aliphatic heterocycles. The summed E-state index contributed by atoms with van der Waals surface area (Å²) >= 11 is 0. The second-order valence-electron chi connectivity index (χ2n) is 6.13. The molecular weight excluding hydrogens is 284 g/mol. The van der Waals surface area contributed by atoms with Crippen LogP contribution in [0.15, 0.2) is 60.9 Å². The van der Waals surface area contributed by atoms with Crippen LogP contribution in [0.5, 0.6) is 0 Å². The molecule has 0 bridgehead atoms. The van der Waals surface area contributed by atoms with Crippen molar-refractivity contribution in [1.29, 1.82) is 0 Å². The molecule has 0 aliphatic carbocycles. The van der Waals surface area contributed by atoms with Crippen molar-refractivity contribution in [3.8, 4) is 5.69 Å². The van der Waals surface area contributed by atoms with Crippen LogP contribution in [0.25, 0.3) is 5.69 Å². The number of aromatic nitrogens is 2. The minimum absolute atomic E-state index is 0.827. The van der Waals surface area contributed by atoms with E-state index in [1.807, 2.05) is 16.9 Å². The van der Waals surface area contributed by atoms with Crippen LogP contribution >= 0.6 is 0 Å². The van der Waals surface area contributed by atoms with Crippen LogP contribution in [0, 0.1) is 0 Å². The average Bonchev–Trinajstić information content (AvgIpc) is 3.21. The van der Waals surface area contributed by atoms with Crippen LogP contribution in [0.4, 0.5) is 5.69 Å². The van der Waals surface area contributed by atoms with Crippen molar-refractivity contribution in [2.75, 3.05) is 12.4 Å². The summed E-state index contributed by atoms with van der Waals surface area (Å²) in [7, 11) is 2.16. The zero-order chi connectivity index (χ0) is 15.6. The maximum absolute atomic E-state index is 4.25. The van der Waals surface area contributed by atoms with Gasteiger partial charge in [0.15, 0.2) is 0 Å². The van der Waals surface area contributed by atoms with Gasteiger partial charge in [-0.05, 0) is 54.1 Å². The second-order valence-corrected chi connectivity index (χ2v) is 6.13. The van der Waals surface area contributed by atoms with Gasteiger partial charge < -0.3 is 5.32 Å². The van der Waals surface area contributed by atoms with Crippen molar-refractivity contribution in [2.45, 2.75) is 19.6 Å². The van der Waals surface area contributed by atoms with Crippen LogP contribution in [0.3, 0.4) is 0 Å². The fourth-order valence-corrected chi connectivity index (χ4v) is 3.07. The molecule has 3 aromatic rings. The van der Waals surface area contributed by atoms with Gasteiger partial charge in [-0.15, -0.1) is 0 Å². The molecule has 0 fully saturated rings. The molecule has 1 N–H and O–H groups in total. The van der Waals surface area contributed by atoms with E-state index in [9.17, 15) is 0 Å². The Hall–Kier alpha value is -2.59. The van der Waals surface area contributed by atoms with E-state index in [-0.39, 0.29) is 0 Å². The Morgan fingerprint density at radius 1 is 1.04 bits per heavy atom. The van der Waals surface area contributed by atoms with E-state index < -0.39 is 0 Å². The van der Waals surface area contributed by atoms with Gasteiger partial charge in [-0.25, -0.2) is 4.68 Å². The van der Waals surface area contributed by atoms with Crippen LogP contribution in [0.2, 0.25) is 0 Å². The summed E-state index contributed by atoms with van der Waals surface area (Å²) in [6.45, 7) is 2.93. The van der Waals surface area contributed by atoms with Crippen molar-refractivity contribution in [3.63, 3.8) is 0 Å². The molecule has 4 nitrogen and oxygen atoms in total. The molecule has 1 aliphatic rings. The number of rotatable bonds is 4. The van der Waals surface area contributed by atoms with Gasteiger partial charge in [0.2, 0.25) is 0 Å². The Kier molecular flexibility index (Phi) is 3.60. The molecule has 4 heteroatoms. The standard InChI is InChI=1S/C19H20N4/c1-22-13-16-5-6-18(11-17(16)14-22)20-12-15-3-7-19(8-4-15)23-10-2-9-21-23/h2-11,20H,12-14H2,1H3. The number of anilines is 1. The van der Waals surface area contributed by atoms with Gasteiger partial charge in [0.1, 0.15) is 0 Å². The van der Waals surface area contributed by atoms with Gasteiger partial charge >= 0.3 is 0 Å². The Morgan fingerprint density at radius 2 is 1.87 bits per heavy atom. The maximum Gasteiger partial charge on any atom is 0.0645 e. The van der Waals surface area contributed by atoms with Crippen LogP contribution in [-0.2, 0) is 19.6 Å². The highest BCUT2D eigenvalue weighted by molar-refractivity contribution is 5.50. The Morgan fingerprint density at radius 3 is 2.65 bits per heavy atom. The number of nitrogens with zero attached hydrogens (tertiary/aromatic N) is 3. The first-order chi connectivity index (χ1) is 11.3. The van der Waals surface area contributed by atoms with Crippen molar-refractivity contribution in [1.82, 2.24) is 14.7 Å². The van der Waals surface area contributed by atoms with Crippen molar-refractivity contribution >= 4 is 5.69 Å². The maximum atomic E-state index is 4.25. The predicted molar refractivity (Wildman–Crippen MR) is 92.5 cm³/mol. The molecule has 23 heavy (non-hydrogen) atoms. The first-order valence-corrected chi connectivity index (χ1v) is 7.91. The largest absolute Gasteiger partial charge is 0.381 e. The van der Waals surface area contributed by atoms with Crippen molar-refractivity contribution in [2.24, 2.45) is 0 Å². The molecule has 0 atom stereocenters. The number of hydrogen-bond donors (Lipinski definition) is 1. The van der Waals surface area contributed by atoms with Gasteiger partial charge in [0.05, 0.1) is 5.69 Å². The highest BCUT2D eigenvalue weighted by atomic mass is 15.3. The van der Waals surface area contributed by atoms with Crippen LogP contribution in [0.1, 0.15) is 16.7 Å². The smallest absolute Gasteiger partial charge is 0.0645 e. The normalized spacial score (nSPS) is 14.0. The average molecular weight is 304 g/mol. The Labute approximate surface area is 136 Å². The Balaban J connectivity index is 1.42. The quantitative estimate of drug-likeness (QED) is 0.801. The first kappa shape index (κ1) is 14.0. The third kappa shape index (κ3) is 2.98. The lowest BCUT2D eigenvalue weighted by atomic mass is 10.1. The topological polar surface area (TPSA) is 33.1 Å². The highest BCUT2D eigenvalue weighted by Crippen LogP contribution is 2.24. The fraction of sp³-hybridized carbons (Fsp3) is 0.211. The summed E-state index contributed by atoms with van der Waals surface area (Å²) in [5.74, 6) is 0. The van der Waals surface area contributed by atoms with Gasteiger partial charge in [0, 0.05) is 37.7 Å². The van der Waals surface area contributed by atoms with Gasteiger partial charge in [-0.2, -0.15) is 5.10 Å². The van der Waals surface area contributed by atoms with Crippen molar-refractivity contribution in [3.05, 3.63) is 77.6 Å². The number of hydrogen-bond acceptors (Lipinski definition) is 3. The molecule has 2 aromatic carbocycles. The van der Waals surface area contributed by atoms with E-state index in [4.69, 9.17) is 0 Å². The van der Waals surface area contributed by atoms with Gasteiger partial charge in [0.25, 0.3) is 0 Å². The second kappa shape index (κ2) is 5.89. The molecular formula is C19H20N4. The van der Waals surface area contributed by atoms with E-state index in [0.717, 1.165) is 25.3 Å². The van der Waals surface area contributed by atoms with Crippen molar-refractivity contribution < 1.29 is 0 Å². The summed E-state index contributed by atoms with van der Waals surface area (Å²) in [6, 6.07) is 17.1. The van der Waals surface area contributed by atoms with E-state index in [1.54, 1.807) is 6.20 Å². The van der Waals surface area contributed by atoms with Gasteiger partial charge in [-0.3, -0.25) is 4.90 Å². The number of benzene rings is 2. The molecule has 4 rings (SSSR count). The molecule has 2 heterocycles. The lowest BCUT2D eigenvalue weighted by Gasteiger charge is -2.09. The molecule has 0 saturated heterocycles. The summed E-state index contributed by atoms with van der Waals surface area (Å²) in [4.78, 5) is 2.34. The molecule has 116 valence electrons. The lowest BCUT2D eigenvalue weighted by molar-refractivity contribution is 0.353. The van der Waals surface area contributed by atoms with Crippen LogP contribution in [-0.4, -0.2) is 21.7 Å². The molecule has 0 saturated carbocycles. The van der Waals surface area contributed by atoms with E-state index in [2.05, 4.69) is 64.8 Å². The molecule has 0 unspecified atom stereocenters. The number of nitrogens with one attached hydrogen (secondary N) is 1. The zero-order valence-electron chi connectivity index (χ0n) is 13.2. The predicted octanol–water partition coefficient (Wildman–Crippen LogP) is 3.43. The van der Waals surface area contributed by atoms with Gasteiger partial charge in [-0.1, -0.05) is 18.2 Å². The summed E-state index contributed by atoms with van der Waals surface area (Å²) in [6.07, 6.45) is 3.75. The SMILES string of the molecule is CN1Cc2ccc(NCc3ccc(-n4cccn4)cc3)cc2C1. The Bertz CT molecular complexity index is 791. The minimum Gasteiger partial charge on any atom is -0.381 e. The molecule has 0 spiro atoms. The fourth-order valence-electron chi connectivity index (χ4n) is 3.07. The summed E-state index contributed by atoms with van der Waals surface area (Å²) < 4.78 is 1.87. The highest BCUT2D eigenvalue weighted by Gasteiger charge is 2.15. The molecule has 1 aromatic heterocycles. The third-order valence-corrected chi connectivity index (χ3v) is 4.29. The third-order valence-electron chi connectivity index (χ3n) is 4.29. The lowest BCUT2D eigenvalue weighted by Crippen LogP contribution is -2.07. The van der Waals surface area contributed by atoms with E-state index in [0.29, 0.717) is 0 Å². The molecule has 0 radical (unpaired) electrons. The van der Waals surface area contributed by atoms with E-state index >= 15 is 0 Å². The molecule has 0 amide bonds. The summed E-state index contributed by atoms with van der Waals surface area (Å²) in [5, 5.41) is 7.76. The minimum atomic E-state index is 0.827. The van der Waals surface area contributed by atoms with Crippen LogP contribution < -0.4 is 5.32 Å². The summed E-state index contributed by atoms with van der Waals surface area (Å²) in [5.41, 5.74) is 6.42. The monoisotopic (exact) mass is 304 g/mol. The zero-order valence-corrected chi connectivity index (χ0v) is 13.2. The van der Waals surface area contributed by atoms with E-state index in [1.165, 1.54) is 22.4 Å².